The molecule has 5 rings (SSSR count). The molecule has 1 unspecified atom stereocenters. The van der Waals surface area contributed by atoms with Gasteiger partial charge in [0.15, 0.2) is 0 Å². The first-order valence-electron chi connectivity index (χ1n) is 12.2. The molecule has 0 radical (unpaired) electrons. The summed E-state index contributed by atoms with van der Waals surface area (Å²) >= 11 is 0. The first kappa shape index (κ1) is 21.8. The molecule has 4 nitrogen and oxygen atoms in total. The summed E-state index contributed by atoms with van der Waals surface area (Å²) in [5.41, 5.74) is 8.09. The van der Waals surface area contributed by atoms with E-state index in [9.17, 15) is 5.11 Å². The van der Waals surface area contributed by atoms with Crippen molar-refractivity contribution in [3.8, 4) is 11.5 Å². The van der Waals surface area contributed by atoms with Crippen LogP contribution in [0.2, 0.25) is 0 Å². The van der Waals surface area contributed by atoms with Crippen LogP contribution in [0.1, 0.15) is 53.0 Å². The van der Waals surface area contributed by atoms with E-state index in [1.807, 2.05) is 12.1 Å². The molecule has 2 N–H and O–H groups in total. The van der Waals surface area contributed by atoms with Crippen LogP contribution in [-0.2, 0) is 19.4 Å². The number of anilines is 1. The number of aryl methyl sites for hydroxylation is 1. The molecule has 1 aliphatic carbocycles. The number of nitrogens with zero attached hydrogens (tertiary/aromatic N) is 1. The number of phenolic OH excluding ortho intramolecular Hbond substituents is 1. The molecular weight excluding hydrogens is 408 g/mol. The Labute approximate surface area is 197 Å². The zero-order chi connectivity index (χ0) is 22.8. The summed E-state index contributed by atoms with van der Waals surface area (Å²) in [5, 5.41) is 13.2. The Morgan fingerprint density at radius 1 is 0.970 bits per heavy atom. The summed E-state index contributed by atoms with van der Waals surface area (Å²) in [6.07, 6.45) is 3.11. The molecule has 0 bridgehead atoms. The molecule has 0 aromatic heterocycles. The average Bonchev–Trinajstić information content (AvgIpc) is 2.82. The Kier molecular flexibility index (Phi) is 6.28. The lowest BCUT2D eigenvalue weighted by atomic mass is 9.79. The van der Waals surface area contributed by atoms with Crippen molar-refractivity contribution < 1.29 is 9.84 Å². The number of hydrogen-bond acceptors (Lipinski definition) is 4. The number of rotatable bonds is 7. The molecule has 1 atom stereocenters. The highest BCUT2D eigenvalue weighted by atomic mass is 16.5. The van der Waals surface area contributed by atoms with Gasteiger partial charge in [-0.25, -0.2) is 0 Å². The third-order valence-electron chi connectivity index (χ3n) is 7.42. The lowest BCUT2D eigenvalue weighted by molar-refractivity contribution is 0.414. The maximum Gasteiger partial charge on any atom is 0.120 e. The number of methoxy groups -OCH3 is 1. The molecule has 172 valence electrons. The van der Waals surface area contributed by atoms with Crippen molar-refractivity contribution >= 4 is 5.69 Å². The lowest BCUT2D eigenvalue weighted by Crippen LogP contribution is -2.39. The van der Waals surface area contributed by atoms with Crippen molar-refractivity contribution in [1.29, 1.82) is 0 Å². The van der Waals surface area contributed by atoms with E-state index in [-0.39, 0.29) is 0 Å². The van der Waals surface area contributed by atoms with Crippen LogP contribution in [0.5, 0.6) is 11.5 Å². The quantitative estimate of drug-likeness (QED) is 0.515. The number of fused-ring (bicyclic) bond motifs is 1. The van der Waals surface area contributed by atoms with Crippen LogP contribution in [0.25, 0.3) is 0 Å². The smallest absolute Gasteiger partial charge is 0.120 e. The van der Waals surface area contributed by atoms with Gasteiger partial charge in [0, 0.05) is 43.9 Å². The van der Waals surface area contributed by atoms with Gasteiger partial charge in [-0.1, -0.05) is 36.4 Å². The van der Waals surface area contributed by atoms with Crippen molar-refractivity contribution in [2.45, 2.75) is 44.6 Å². The minimum Gasteiger partial charge on any atom is -0.508 e. The largest absolute Gasteiger partial charge is 0.508 e. The summed E-state index contributed by atoms with van der Waals surface area (Å²) in [5.74, 6) is 2.41. The number of benzene rings is 3. The molecule has 2 aliphatic rings. The van der Waals surface area contributed by atoms with Crippen molar-refractivity contribution in [1.82, 2.24) is 5.32 Å². The molecule has 0 amide bonds. The molecule has 3 aromatic carbocycles. The van der Waals surface area contributed by atoms with E-state index < -0.39 is 0 Å². The zero-order valence-corrected chi connectivity index (χ0v) is 19.7. The molecule has 1 fully saturated rings. The normalized spacial score (nSPS) is 17.8. The highest BCUT2D eigenvalue weighted by Gasteiger charge is 2.25. The average molecular weight is 443 g/mol. The summed E-state index contributed by atoms with van der Waals surface area (Å²) in [6, 6.07) is 21.6. The molecule has 4 heteroatoms. The topological polar surface area (TPSA) is 44.7 Å². The monoisotopic (exact) mass is 442 g/mol. The summed E-state index contributed by atoms with van der Waals surface area (Å²) < 4.78 is 5.61. The first-order valence-corrected chi connectivity index (χ1v) is 12.2. The molecular formula is C29H34N2O2. The second kappa shape index (κ2) is 9.48. The predicted octanol–water partition coefficient (Wildman–Crippen LogP) is 5.39. The van der Waals surface area contributed by atoms with Crippen molar-refractivity contribution in [3.63, 3.8) is 0 Å². The van der Waals surface area contributed by atoms with E-state index in [0.29, 0.717) is 17.6 Å². The van der Waals surface area contributed by atoms with E-state index in [2.05, 4.69) is 65.7 Å². The molecule has 0 saturated carbocycles. The molecule has 1 saturated heterocycles. The molecule has 1 heterocycles. The van der Waals surface area contributed by atoms with Gasteiger partial charge in [0.25, 0.3) is 0 Å². The molecule has 3 aromatic rings. The SMILES string of the molecule is CCN(Cc1ccc(C2CNC2)cc1)c1cc(OC)ccc1C1CCc2cc(O)ccc2C1. The Morgan fingerprint density at radius 2 is 1.79 bits per heavy atom. The lowest BCUT2D eigenvalue weighted by Gasteiger charge is -2.32. The highest BCUT2D eigenvalue weighted by molar-refractivity contribution is 5.60. The fourth-order valence-corrected chi connectivity index (χ4v) is 5.28. The van der Waals surface area contributed by atoms with Gasteiger partial charge in [-0.3, -0.25) is 0 Å². The maximum atomic E-state index is 9.86. The minimum atomic E-state index is 0.370. The fourth-order valence-electron chi connectivity index (χ4n) is 5.28. The summed E-state index contributed by atoms with van der Waals surface area (Å²) in [7, 11) is 1.74. The van der Waals surface area contributed by atoms with Gasteiger partial charge in [-0.05, 0) is 78.1 Å². The Balaban J connectivity index is 1.41. The van der Waals surface area contributed by atoms with Gasteiger partial charge in [0.05, 0.1) is 7.11 Å². The fraction of sp³-hybridized carbons (Fsp3) is 0.379. The van der Waals surface area contributed by atoms with E-state index in [4.69, 9.17) is 4.74 Å². The van der Waals surface area contributed by atoms with Gasteiger partial charge in [0.2, 0.25) is 0 Å². The Morgan fingerprint density at radius 3 is 2.48 bits per heavy atom. The number of nitrogens with one attached hydrogen (secondary N) is 1. The number of ether oxygens (including phenoxy) is 1. The third-order valence-corrected chi connectivity index (χ3v) is 7.42. The van der Waals surface area contributed by atoms with Crippen LogP contribution in [-0.4, -0.2) is 31.9 Å². The van der Waals surface area contributed by atoms with Gasteiger partial charge >= 0.3 is 0 Å². The highest BCUT2D eigenvalue weighted by Crippen LogP contribution is 2.40. The van der Waals surface area contributed by atoms with E-state index >= 15 is 0 Å². The van der Waals surface area contributed by atoms with Crippen LogP contribution in [0.3, 0.4) is 0 Å². The standard InChI is InChI=1S/C29H34N2O2/c1-3-31(19-20-4-6-21(7-5-20)25-17-30-18-25)29-16-27(33-2)12-13-28(29)24-9-8-23-15-26(32)11-10-22(23)14-24/h4-7,10-13,15-16,24-25,30,32H,3,8-9,14,17-19H2,1-2H3. The molecule has 33 heavy (non-hydrogen) atoms. The summed E-state index contributed by atoms with van der Waals surface area (Å²) in [6.45, 7) is 6.24. The Hall–Kier alpha value is -2.98. The van der Waals surface area contributed by atoms with Crippen LogP contribution in [0, 0.1) is 0 Å². The van der Waals surface area contributed by atoms with E-state index in [1.165, 1.54) is 33.5 Å². The third kappa shape index (κ3) is 4.58. The van der Waals surface area contributed by atoms with E-state index in [0.717, 1.165) is 51.2 Å². The summed E-state index contributed by atoms with van der Waals surface area (Å²) in [4.78, 5) is 2.48. The maximum absolute atomic E-state index is 9.86. The second-order valence-corrected chi connectivity index (χ2v) is 9.43. The van der Waals surface area contributed by atoms with Crippen molar-refractivity contribution in [2.24, 2.45) is 0 Å². The van der Waals surface area contributed by atoms with Crippen LogP contribution >= 0.6 is 0 Å². The van der Waals surface area contributed by atoms with Gasteiger partial charge in [-0.2, -0.15) is 0 Å². The second-order valence-electron chi connectivity index (χ2n) is 9.43. The van der Waals surface area contributed by atoms with Crippen molar-refractivity contribution in [2.75, 3.05) is 31.6 Å². The zero-order valence-electron chi connectivity index (χ0n) is 19.7. The number of hydrogen-bond donors (Lipinski definition) is 2. The first-order chi connectivity index (χ1) is 16.1. The van der Waals surface area contributed by atoms with Crippen LogP contribution in [0.4, 0.5) is 5.69 Å². The van der Waals surface area contributed by atoms with Crippen molar-refractivity contribution in [3.05, 3.63) is 88.5 Å². The van der Waals surface area contributed by atoms with Gasteiger partial charge in [0.1, 0.15) is 11.5 Å². The predicted molar refractivity (Wildman–Crippen MR) is 135 cm³/mol. The molecule has 0 spiro atoms. The number of aromatic hydroxyl groups is 1. The minimum absolute atomic E-state index is 0.370. The molecule has 1 aliphatic heterocycles. The van der Waals surface area contributed by atoms with E-state index in [1.54, 1.807) is 7.11 Å². The van der Waals surface area contributed by atoms with Gasteiger partial charge in [-0.15, -0.1) is 0 Å². The van der Waals surface area contributed by atoms with Gasteiger partial charge < -0.3 is 20.1 Å². The van der Waals surface area contributed by atoms with Crippen LogP contribution in [0.15, 0.2) is 60.7 Å². The Bertz CT molecular complexity index is 1110. The van der Waals surface area contributed by atoms with Crippen LogP contribution < -0.4 is 15.0 Å². The number of phenols is 1.